The van der Waals surface area contributed by atoms with Gasteiger partial charge in [0.25, 0.3) is 0 Å². The van der Waals surface area contributed by atoms with Crippen LogP contribution in [-0.4, -0.2) is 0 Å². The second-order valence-electron chi connectivity index (χ2n) is 16.4. The van der Waals surface area contributed by atoms with E-state index in [1.54, 1.807) is 0 Å². The molecule has 0 aliphatic heterocycles. The van der Waals surface area contributed by atoms with E-state index in [9.17, 15) is 0 Å². The molecule has 0 fully saturated rings. The van der Waals surface area contributed by atoms with Crippen LogP contribution in [-0.2, 0) is 0 Å². The van der Waals surface area contributed by atoms with Crippen molar-refractivity contribution in [2.45, 2.75) is 0 Å². The number of hydrogen-bond acceptors (Lipinski definition) is 0. The third-order valence-corrected chi connectivity index (χ3v) is 11.0. The maximum atomic E-state index is 2.12. The SMILES string of the molecule is c1ccc2ccccc2c1.c1ccc2ccccc2c1.c1ccc2ccccc2c1.c1ccc2ccccc2c1.c1ccc2ccccc2c1.c1ccccc1.c1ccccc1.c1ccccc1.c1ccccc1. The Bertz CT molecular complexity index is 2580. The molecule has 0 heterocycles. The number of rotatable bonds is 0. The Labute approximate surface area is 439 Å². The summed E-state index contributed by atoms with van der Waals surface area (Å²) in [5.41, 5.74) is 0. The van der Waals surface area contributed by atoms with Crippen LogP contribution < -0.4 is 0 Å². The maximum absolute atomic E-state index is 2.12. The first kappa shape index (κ1) is 53.7. The minimum absolute atomic E-state index is 1.31. The molecule has 0 aliphatic carbocycles. The number of hydrogen-bond donors (Lipinski definition) is 0. The van der Waals surface area contributed by atoms with Gasteiger partial charge < -0.3 is 0 Å². The highest BCUT2D eigenvalue weighted by Crippen LogP contribution is 2.15. The molecule has 0 saturated heterocycles. The van der Waals surface area contributed by atoms with Crippen LogP contribution >= 0.6 is 0 Å². The second kappa shape index (κ2) is 34.6. The van der Waals surface area contributed by atoms with Gasteiger partial charge in [-0.25, -0.2) is 0 Å². The fourth-order valence-corrected chi connectivity index (χ4v) is 7.20. The van der Waals surface area contributed by atoms with Gasteiger partial charge in [0, 0.05) is 0 Å². The Kier molecular flexibility index (Phi) is 25.1. The minimum atomic E-state index is 1.31. The molecule has 0 amide bonds. The van der Waals surface area contributed by atoms with Crippen LogP contribution in [0, 0.1) is 0 Å². The molecule has 14 aromatic carbocycles. The van der Waals surface area contributed by atoms with E-state index in [-0.39, 0.29) is 0 Å². The monoisotopic (exact) mass is 953 g/mol. The second-order valence-corrected chi connectivity index (χ2v) is 16.4. The van der Waals surface area contributed by atoms with Gasteiger partial charge in [-0.3, -0.25) is 0 Å². The van der Waals surface area contributed by atoms with Crippen molar-refractivity contribution >= 4 is 53.9 Å². The van der Waals surface area contributed by atoms with Gasteiger partial charge >= 0.3 is 0 Å². The summed E-state index contributed by atoms with van der Waals surface area (Å²) in [5, 5.41) is 13.1. The predicted octanol–water partition coefficient (Wildman–Crippen LogP) is 20.9. The number of benzene rings is 14. The topological polar surface area (TPSA) is 0 Å². The van der Waals surface area contributed by atoms with Crippen molar-refractivity contribution in [2.24, 2.45) is 0 Å². The first-order valence-electron chi connectivity index (χ1n) is 25.0. The van der Waals surface area contributed by atoms with Crippen LogP contribution in [0.1, 0.15) is 0 Å². The van der Waals surface area contributed by atoms with Crippen molar-refractivity contribution in [1.82, 2.24) is 0 Å². The van der Waals surface area contributed by atoms with Crippen LogP contribution in [0.2, 0.25) is 0 Å². The third kappa shape index (κ3) is 21.6. The van der Waals surface area contributed by atoms with Crippen LogP contribution in [0.25, 0.3) is 53.9 Å². The lowest BCUT2D eigenvalue weighted by atomic mass is 10.1. The lowest BCUT2D eigenvalue weighted by Crippen LogP contribution is -1.67. The van der Waals surface area contributed by atoms with Gasteiger partial charge in [0.2, 0.25) is 0 Å². The first-order chi connectivity index (χ1) is 36.8. The van der Waals surface area contributed by atoms with Gasteiger partial charge in [-0.15, -0.1) is 0 Å². The maximum Gasteiger partial charge on any atom is -0.0184 e. The molecule has 0 saturated carbocycles. The van der Waals surface area contributed by atoms with E-state index >= 15 is 0 Å². The Balaban J connectivity index is 0.000000137. The third-order valence-electron chi connectivity index (χ3n) is 11.0. The van der Waals surface area contributed by atoms with E-state index < -0.39 is 0 Å². The van der Waals surface area contributed by atoms with E-state index in [1.807, 2.05) is 146 Å². The Morgan fingerprint density at radius 3 is 0.176 bits per heavy atom. The zero-order valence-corrected chi connectivity index (χ0v) is 42.0. The van der Waals surface area contributed by atoms with Crippen LogP contribution in [0.4, 0.5) is 0 Å². The smallest absolute Gasteiger partial charge is 0.0184 e. The fourth-order valence-electron chi connectivity index (χ4n) is 7.20. The molecule has 0 bridgehead atoms. The molecular formula is C74H64. The zero-order chi connectivity index (χ0) is 51.0. The van der Waals surface area contributed by atoms with Gasteiger partial charge in [0.05, 0.1) is 0 Å². The van der Waals surface area contributed by atoms with E-state index in [0.717, 1.165) is 0 Å². The molecule has 0 atom stereocenters. The summed E-state index contributed by atoms with van der Waals surface area (Å²) in [5.74, 6) is 0. The average Bonchev–Trinajstić information content (AvgIpc) is 3.52. The van der Waals surface area contributed by atoms with E-state index in [2.05, 4.69) is 243 Å². The molecule has 0 aliphatic rings. The van der Waals surface area contributed by atoms with Gasteiger partial charge in [0.1, 0.15) is 0 Å². The number of fused-ring (bicyclic) bond motifs is 5. The molecule has 14 aromatic rings. The van der Waals surface area contributed by atoms with E-state index in [1.165, 1.54) is 53.9 Å². The molecular weight excluding hydrogens is 889 g/mol. The average molecular weight is 953 g/mol. The van der Waals surface area contributed by atoms with Crippen molar-refractivity contribution < 1.29 is 0 Å². The molecule has 360 valence electrons. The summed E-state index contributed by atoms with van der Waals surface area (Å²) in [4.78, 5) is 0. The summed E-state index contributed by atoms with van der Waals surface area (Å²) in [6.07, 6.45) is 0. The van der Waals surface area contributed by atoms with Crippen molar-refractivity contribution in [3.05, 3.63) is 388 Å². The molecule has 0 nitrogen and oxygen atoms in total. The molecule has 0 aromatic heterocycles. The molecule has 0 heteroatoms. The molecule has 0 radical (unpaired) electrons. The van der Waals surface area contributed by atoms with Gasteiger partial charge in [0.15, 0.2) is 0 Å². The fraction of sp³-hybridized carbons (Fsp3) is 0. The highest BCUT2D eigenvalue weighted by atomic mass is 13.9. The Morgan fingerprint density at radius 2 is 0.122 bits per heavy atom. The van der Waals surface area contributed by atoms with Gasteiger partial charge in [-0.1, -0.05) is 388 Å². The van der Waals surface area contributed by atoms with E-state index in [0.29, 0.717) is 0 Å². The zero-order valence-electron chi connectivity index (χ0n) is 42.0. The summed E-state index contributed by atoms with van der Waals surface area (Å²) >= 11 is 0. The van der Waals surface area contributed by atoms with Crippen LogP contribution in [0.15, 0.2) is 388 Å². The normalized spacial score (nSPS) is 9.35. The van der Waals surface area contributed by atoms with Gasteiger partial charge in [-0.05, 0) is 53.9 Å². The van der Waals surface area contributed by atoms with E-state index in [4.69, 9.17) is 0 Å². The quantitative estimate of drug-likeness (QED) is 0.142. The Hall–Kier alpha value is -9.62. The van der Waals surface area contributed by atoms with Gasteiger partial charge in [-0.2, -0.15) is 0 Å². The summed E-state index contributed by atoms with van der Waals surface area (Å²) in [6.45, 7) is 0. The lowest BCUT2D eigenvalue weighted by Gasteiger charge is -1.92. The molecule has 74 heavy (non-hydrogen) atoms. The van der Waals surface area contributed by atoms with Crippen molar-refractivity contribution in [3.63, 3.8) is 0 Å². The first-order valence-corrected chi connectivity index (χ1v) is 25.0. The van der Waals surface area contributed by atoms with Crippen molar-refractivity contribution in [1.29, 1.82) is 0 Å². The van der Waals surface area contributed by atoms with Crippen LogP contribution in [0.3, 0.4) is 0 Å². The molecule has 14 rings (SSSR count). The lowest BCUT2D eigenvalue weighted by molar-refractivity contribution is 1.72. The molecule has 0 N–H and O–H groups in total. The minimum Gasteiger partial charge on any atom is -0.0623 e. The molecule has 0 unspecified atom stereocenters. The highest BCUT2D eigenvalue weighted by molar-refractivity contribution is 5.84. The summed E-state index contributed by atoms with van der Waals surface area (Å²) in [7, 11) is 0. The van der Waals surface area contributed by atoms with Crippen molar-refractivity contribution in [2.75, 3.05) is 0 Å². The largest absolute Gasteiger partial charge is 0.0623 e. The standard InChI is InChI=1S/5C10H8.4C6H6/c5*1-2-6-10-8-4-3-7-9(10)5-1;4*1-2-4-6-5-3-1/h5*1-8H;4*1-6H. The highest BCUT2D eigenvalue weighted by Gasteiger charge is 1.89. The summed E-state index contributed by atoms with van der Waals surface area (Å²) in [6, 6.07) is 132. The summed E-state index contributed by atoms with van der Waals surface area (Å²) < 4.78 is 0. The van der Waals surface area contributed by atoms with Crippen molar-refractivity contribution in [3.8, 4) is 0 Å². The van der Waals surface area contributed by atoms with Crippen LogP contribution in [0.5, 0.6) is 0 Å². The predicted molar refractivity (Wildman–Crippen MR) is 326 cm³/mol. The Morgan fingerprint density at radius 1 is 0.0676 bits per heavy atom. The molecule has 0 spiro atoms.